The number of ether oxygens (including phenoxy) is 1. The number of nitrogens with one attached hydrogen (secondary N) is 2. The Hall–Kier alpha value is -2.68. The summed E-state index contributed by atoms with van der Waals surface area (Å²) >= 11 is 0. The van der Waals surface area contributed by atoms with E-state index in [4.69, 9.17) is 4.74 Å². The Morgan fingerprint density at radius 1 is 1.40 bits per heavy atom. The molecule has 2 rings (SSSR count). The maximum absolute atomic E-state index is 12.1. The topological polar surface area (TPSA) is 114 Å². The van der Waals surface area contributed by atoms with Crippen molar-refractivity contribution in [3.8, 4) is 0 Å². The summed E-state index contributed by atoms with van der Waals surface area (Å²) in [5.74, 6) is -0.596. The van der Waals surface area contributed by atoms with Crippen LogP contribution in [0.1, 0.15) is 23.2 Å². The molecule has 1 aliphatic rings. The molecule has 1 fully saturated rings. The van der Waals surface area contributed by atoms with E-state index in [1.54, 1.807) is 7.05 Å². The molecule has 0 heterocycles. The first-order valence-electron chi connectivity index (χ1n) is 7.98. The zero-order chi connectivity index (χ0) is 18.4. The molecular weight excluding hydrogens is 328 g/mol. The van der Waals surface area contributed by atoms with Crippen molar-refractivity contribution in [2.75, 3.05) is 38.8 Å². The van der Waals surface area contributed by atoms with Crippen LogP contribution in [-0.2, 0) is 9.53 Å². The zero-order valence-electron chi connectivity index (χ0n) is 14.3. The van der Waals surface area contributed by atoms with Gasteiger partial charge in [-0.05, 0) is 25.0 Å². The first-order chi connectivity index (χ1) is 11.9. The number of nitro benzene ring substituents is 1. The predicted octanol–water partition coefficient (Wildman–Crippen LogP) is 0.686. The predicted molar refractivity (Wildman–Crippen MR) is 91.7 cm³/mol. The molecule has 1 aromatic carbocycles. The number of carbonyl (C=O) groups excluding carboxylic acids is 2. The number of nitrogens with zero attached hydrogens (tertiary/aromatic N) is 2. The molecule has 0 unspecified atom stereocenters. The van der Waals surface area contributed by atoms with Gasteiger partial charge in [0, 0.05) is 38.4 Å². The average Bonchev–Trinajstić information content (AvgIpc) is 3.38. The Morgan fingerprint density at radius 2 is 2.12 bits per heavy atom. The molecule has 0 aliphatic heterocycles. The lowest BCUT2D eigenvalue weighted by Crippen LogP contribution is -2.37. The van der Waals surface area contributed by atoms with Gasteiger partial charge >= 0.3 is 0 Å². The smallest absolute Gasteiger partial charge is 0.293 e. The van der Waals surface area contributed by atoms with E-state index in [-0.39, 0.29) is 41.3 Å². The van der Waals surface area contributed by atoms with Crippen LogP contribution in [0, 0.1) is 10.1 Å². The molecule has 25 heavy (non-hydrogen) atoms. The Labute approximate surface area is 145 Å². The van der Waals surface area contributed by atoms with Crippen LogP contribution in [-0.4, -0.2) is 56.6 Å². The van der Waals surface area contributed by atoms with E-state index in [2.05, 4.69) is 10.6 Å². The molecule has 0 saturated heterocycles. The van der Waals surface area contributed by atoms with Crippen LogP contribution in [0.4, 0.5) is 11.4 Å². The first kappa shape index (κ1) is 18.7. The Morgan fingerprint density at radius 3 is 2.72 bits per heavy atom. The normalized spacial score (nSPS) is 13.2. The molecule has 1 saturated carbocycles. The number of methoxy groups -OCH3 is 1. The van der Waals surface area contributed by atoms with Gasteiger partial charge in [0.2, 0.25) is 5.91 Å². The van der Waals surface area contributed by atoms with Gasteiger partial charge in [-0.3, -0.25) is 19.7 Å². The number of hydrogen-bond donors (Lipinski definition) is 2. The van der Waals surface area contributed by atoms with Crippen molar-refractivity contribution in [2.45, 2.75) is 18.9 Å². The lowest BCUT2D eigenvalue weighted by atomic mass is 10.1. The summed E-state index contributed by atoms with van der Waals surface area (Å²) in [6, 6.07) is 4.43. The second-order valence-corrected chi connectivity index (χ2v) is 5.91. The molecule has 136 valence electrons. The number of amides is 2. The molecule has 0 atom stereocenters. The largest absolute Gasteiger partial charge is 0.383 e. The minimum atomic E-state index is -0.553. The standard InChI is InChI=1S/C16H22N4O5/c1-19(10-15(21)17-7-8-25-2)13-6-3-11(9-14(13)20(23)24)16(22)18-12-4-5-12/h3,6,9,12H,4-5,7-8,10H2,1-2H3,(H,17,21)(H,18,22). The highest BCUT2D eigenvalue weighted by Crippen LogP contribution is 2.29. The van der Waals surface area contributed by atoms with E-state index in [0.29, 0.717) is 13.2 Å². The molecule has 1 aliphatic carbocycles. The van der Waals surface area contributed by atoms with Crippen molar-refractivity contribution in [2.24, 2.45) is 0 Å². The highest BCUT2D eigenvalue weighted by atomic mass is 16.6. The molecule has 0 radical (unpaired) electrons. The zero-order valence-corrected chi connectivity index (χ0v) is 14.3. The van der Waals surface area contributed by atoms with Gasteiger partial charge in [0.15, 0.2) is 0 Å². The maximum Gasteiger partial charge on any atom is 0.293 e. The van der Waals surface area contributed by atoms with Gasteiger partial charge in [-0.2, -0.15) is 0 Å². The number of rotatable bonds is 9. The molecule has 2 amide bonds. The highest BCUT2D eigenvalue weighted by Gasteiger charge is 2.26. The molecule has 9 nitrogen and oxygen atoms in total. The molecule has 0 aromatic heterocycles. The number of benzene rings is 1. The van der Waals surface area contributed by atoms with Gasteiger partial charge in [-0.15, -0.1) is 0 Å². The van der Waals surface area contributed by atoms with E-state index in [1.807, 2.05) is 0 Å². The molecule has 2 N–H and O–H groups in total. The van der Waals surface area contributed by atoms with E-state index < -0.39 is 4.92 Å². The van der Waals surface area contributed by atoms with Crippen molar-refractivity contribution in [3.05, 3.63) is 33.9 Å². The second kappa shape index (κ2) is 8.43. The van der Waals surface area contributed by atoms with Crippen LogP contribution in [0.3, 0.4) is 0 Å². The van der Waals surface area contributed by atoms with Crippen LogP contribution < -0.4 is 15.5 Å². The molecule has 9 heteroatoms. The van der Waals surface area contributed by atoms with Crippen molar-refractivity contribution in [1.82, 2.24) is 10.6 Å². The van der Waals surface area contributed by atoms with Gasteiger partial charge in [-0.1, -0.05) is 0 Å². The number of nitro groups is 1. The summed E-state index contributed by atoms with van der Waals surface area (Å²) in [6.45, 7) is 0.712. The fraction of sp³-hybridized carbons (Fsp3) is 0.500. The van der Waals surface area contributed by atoms with Gasteiger partial charge < -0.3 is 20.3 Å². The fourth-order valence-electron chi connectivity index (χ4n) is 2.28. The quantitative estimate of drug-likeness (QED) is 0.385. The van der Waals surface area contributed by atoms with Crippen LogP contribution in [0.25, 0.3) is 0 Å². The lowest BCUT2D eigenvalue weighted by Gasteiger charge is -2.19. The van der Waals surface area contributed by atoms with Gasteiger partial charge in [0.05, 0.1) is 18.1 Å². The Bertz CT molecular complexity index is 660. The third-order valence-corrected chi connectivity index (χ3v) is 3.77. The van der Waals surface area contributed by atoms with Crippen molar-refractivity contribution in [1.29, 1.82) is 0 Å². The summed E-state index contributed by atoms with van der Waals surface area (Å²) < 4.78 is 4.84. The second-order valence-electron chi connectivity index (χ2n) is 5.91. The van der Waals surface area contributed by atoms with Gasteiger partial charge in [0.25, 0.3) is 11.6 Å². The van der Waals surface area contributed by atoms with Crippen LogP contribution in [0.5, 0.6) is 0 Å². The monoisotopic (exact) mass is 350 g/mol. The lowest BCUT2D eigenvalue weighted by molar-refractivity contribution is -0.384. The van der Waals surface area contributed by atoms with Crippen LogP contribution in [0.2, 0.25) is 0 Å². The summed E-state index contributed by atoms with van der Waals surface area (Å²) in [4.78, 5) is 36.2. The van der Waals surface area contributed by atoms with Gasteiger partial charge in [0.1, 0.15) is 5.69 Å². The third-order valence-electron chi connectivity index (χ3n) is 3.77. The minimum Gasteiger partial charge on any atom is -0.383 e. The average molecular weight is 350 g/mol. The number of likely N-dealkylation sites (N-methyl/N-ethyl adjacent to an activating group) is 1. The molecule has 0 spiro atoms. The fourth-order valence-corrected chi connectivity index (χ4v) is 2.28. The van der Waals surface area contributed by atoms with Crippen molar-refractivity contribution in [3.63, 3.8) is 0 Å². The molecule has 0 bridgehead atoms. The molecule has 1 aromatic rings. The highest BCUT2D eigenvalue weighted by molar-refractivity contribution is 5.96. The Kier molecular flexibility index (Phi) is 6.29. The number of carbonyl (C=O) groups is 2. The van der Waals surface area contributed by atoms with E-state index in [9.17, 15) is 19.7 Å². The summed E-state index contributed by atoms with van der Waals surface area (Å²) in [5, 5.41) is 16.8. The summed E-state index contributed by atoms with van der Waals surface area (Å²) in [6.07, 6.45) is 1.87. The summed E-state index contributed by atoms with van der Waals surface area (Å²) in [5.41, 5.74) is 0.297. The minimum absolute atomic E-state index is 0.0435. The molecular formula is C16H22N4O5. The van der Waals surface area contributed by atoms with E-state index in [1.165, 1.54) is 30.2 Å². The maximum atomic E-state index is 12.1. The third kappa shape index (κ3) is 5.42. The number of hydrogen-bond acceptors (Lipinski definition) is 6. The van der Waals surface area contributed by atoms with E-state index >= 15 is 0 Å². The van der Waals surface area contributed by atoms with Crippen molar-refractivity contribution < 1.29 is 19.2 Å². The number of anilines is 1. The van der Waals surface area contributed by atoms with Crippen LogP contribution in [0.15, 0.2) is 18.2 Å². The van der Waals surface area contributed by atoms with Crippen LogP contribution >= 0.6 is 0 Å². The summed E-state index contributed by atoms with van der Waals surface area (Å²) in [7, 11) is 3.12. The van der Waals surface area contributed by atoms with Gasteiger partial charge in [-0.25, -0.2) is 0 Å². The van der Waals surface area contributed by atoms with Crippen molar-refractivity contribution >= 4 is 23.2 Å². The van der Waals surface area contributed by atoms with E-state index in [0.717, 1.165) is 12.8 Å². The Balaban J connectivity index is 2.08. The first-order valence-corrected chi connectivity index (χ1v) is 7.98. The SMILES string of the molecule is COCCNC(=O)CN(C)c1ccc(C(=O)NC2CC2)cc1[N+](=O)[O-].